The smallest absolute Gasteiger partial charge is 0.319 e. The number of nitrogens with zero attached hydrogens (tertiary/aromatic N) is 3. The number of aryl methyl sites for hydroxylation is 1. The highest BCUT2D eigenvalue weighted by molar-refractivity contribution is 5.88. The van der Waals surface area contributed by atoms with Crippen molar-refractivity contribution in [3.8, 4) is 0 Å². The van der Waals surface area contributed by atoms with Gasteiger partial charge >= 0.3 is 6.03 Å². The van der Waals surface area contributed by atoms with Gasteiger partial charge in [0, 0.05) is 32.0 Å². The van der Waals surface area contributed by atoms with Gasteiger partial charge in [-0.25, -0.2) is 14.8 Å². The highest BCUT2D eigenvalue weighted by Gasteiger charge is 2.31. The molecule has 2 amide bonds. The molecular formula is C19H25N5O. The second kappa shape index (κ2) is 8.07. The second-order valence-electron chi connectivity index (χ2n) is 6.58. The zero-order valence-corrected chi connectivity index (χ0v) is 14.8. The number of carbonyl (C=O) groups excluding carboxylic acids is 1. The molecule has 1 aliphatic rings. The minimum atomic E-state index is -0.214. The van der Waals surface area contributed by atoms with Crippen molar-refractivity contribution in [3.63, 3.8) is 0 Å². The van der Waals surface area contributed by atoms with Gasteiger partial charge in [0.1, 0.15) is 5.82 Å². The Labute approximate surface area is 148 Å². The minimum absolute atomic E-state index is 0.214. The summed E-state index contributed by atoms with van der Waals surface area (Å²) in [4.78, 5) is 22.9. The molecule has 1 saturated heterocycles. The van der Waals surface area contributed by atoms with Crippen LogP contribution in [0.5, 0.6) is 0 Å². The molecule has 0 saturated carbocycles. The molecule has 1 aliphatic heterocycles. The van der Waals surface area contributed by atoms with Gasteiger partial charge in [-0.2, -0.15) is 0 Å². The number of aromatic nitrogens is 2. The second-order valence-corrected chi connectivity index (χ2v) is 6.58. The molecule has 1 aromatic carbocycles. The van der Waals surface area contributed by atoms with Crippen LogP contribution in [0.4, 0.5) is 10.5 Å². The molecule has 6 nitrogen and oxygen atoms in total. The predicted molar refractivity (Wildman–Crippen MR) is 98.6 cm³/mol. The van der Waals surface area contributed by atoms with Crippen molar-refractivity contribution in [2.24, 2.45) is 5.92 Å². The number of likely N-dealkylation sites (N-methyl/N-ethyl adjacent to an activating group) is 1. The summed E-state index contributed by atoms with van der Waals surface area (Å²) in [6, 6.07) is 10.3. The van der Waals surface area contributed by atoms with Crippen LogP contribution in [-0.2, 0) is 6.42 Å². The van der Waals surface area contributed by atoms with Crippen molar-refractivity contribution in [2.75, 3.05) is 32.0 Å². The number of nitrogens with one attached hydrogen (secondary N) is 2. The summed E-state index contributed by atoms with van der Waals surface area (Å²) < 4.78 is 0. The number of hydrogen-bond donors (Lipinski definition) is 2. The Hall–Kier alpha value is -2.47. The van der Waals surface area contributed by atoms with E-state index in [9.17, 15) is 4.79 Å². The first-order valence-electron chi connectivity index (χ1n) is 8.75. The van der Waals surface area contributed by atoms with Gasteiger partial charge in [0.2, 0.25) is 0 Å². The lowest BCUT2D eigenvalue weighted by molar-refractivity contribution is 0.249. The zero-order valence-electron chi connectivity index (χ0n) is 14.8. The van der Waals surface area contributed by atoms with Gasteiger partial charge in [0.15, 0.2) is 0 Å². The van der Waals surface area contributed by atoms with Gasteiger partial charge in [0.25, 0.3) is 0 Å². The van der Waals surface area contributed by atoms with Crippen LogP contribution in [0.3, 0.4) is 0 Å². The van der Waals surface area contributed by atoms with E-state index in [1.54, 1.807) is 12.4 Å². The van der Waals surface area contributed by atoms with E-state index in [-0.39, 0.29) is 6.03 Å². The van der Waals surface area contributed by atoms with Crippen LogP contribution in [0, 0.1) is 5.92 Å². The predicted octanol–water partition coefficient (Wildman–Crippen LogP) is 2.51. The van der Waals surface area contributed by atoms with Gasteiger partial charge in [-0.15, -0.1) is 0 Å². The van der Waals surface area contributed by atoms with Gasteiger partial charge in [-0.05, 0) is 18.5 Å². The van der Waals surface area contributed by atoms with Crippen molar-refractivity contribution in [1.29, 1.82) is 0 Å². The first kappa shape index (κ1) is 17.4. The molecule has 2 aromatic rings. The Kier molecular flexibility index (Phi) is 5.60. The van der Waals surface area contributed by atoms with E-state index in [1.165, 1.54) is 5.56 Å². The maximum atomic E-state index is 12.2. The molecule has 2 heterocycles. The molecule has 2 atom stereocenters. The van der Waals surface area contributed by atoms with Gasteiger partial charge in [-0.1, -0.05) is 37.3 Å². The average Bonchev–Trinajstić information content (AvgIpc) is 3.02. The van der Waals surface area contributed by atoms with Crippen molar-refractivity contribution in [3.05, 3.63) is 54.1 Å². The van der Waals surface area contributed by atoms with Gasteiger partial charge in [0.05, 0.1) is 18.1 Å². The summed E-state index contributed by atoms with van der Waals surface area (Å²) in [6.45, 7) is 4.64. The van der Waals surface area contributed by atoms with Crippen LogP contribution in [0.1, 0.15) is 24.2 Å². The number of benzene rings is 1. The van der Waals surface area contributed by atoms with Crippen LogP contribution in [0.15, 0.2) is 42.7 Å². The van der Waals surface area contributed by atoms with Crippen molar-refractivity contribution in [2.45, 2.75) is 19.3 Å². The molecule has 6 heteroatoms. The third-order valence-corrected chi connectivity index (χ3v) is 4.66. The Balaban J connectivity index is 1.55. The van der Waals surface area contributed by atoms with Gasteiger partial charge < -0.3 is 15.5 Å². The van der Waals surface area contributed by atoms with E-state index in [4.69, 9.17) is 0 Å². The van der Waals surface area contributed by atoms with E-state index in [0.29, 0.717) is 24.1 Å². The summed E-state index contributed by atoms with van der Waals surface area (Å²) in [6.07, 6.45) is 4.06. The monoisotopic (exact) mass is 339 g/mol. The molecule has 0 spiro atoms. The molecule has 1 fully saturated rings. The Morgan fingerprint density at radius 2 is 1.92 bits per heavy atom. The topological polar surface area (TPSA) is 70.2 Å². The molecule has 25 heavy (non-hydrogen) atoms. The summed E-state index contributed by atoms with van der Waals surface area (Å²) in [7, 11) is 2.13. The number of amides is 2. The highest BCUT2D eigenvalue weighted by Crippen LogP contribution is 2.31. The number of likely N-dealkylation sites (tertiary alicyclic amines) is 1. The standard InChI is InChI=1S/C19H25N5O/c1-3-18-20-10-16(11-21-18)23-19(25)22-9-15-12-24(2)13-17(15)14-7-5-4-6-8-14/h4-8,10-11,15,17H,3,9,12-13H2,1-2H3,(H2,22,23,25)/t15-,17+/m1/s1. The maximum absolute atomic E-state index is 12.2. The zero-order chi connectivity index (χ0) is 17.6. The summed E-state index contributed by atoms with van der Waals surface area (Å²) >= 11 is 0. The largest absolute Gasteiger partial charge is 0.338 e. The summed E-state index contributed by atoms with van der Waals surface area (Å²) in [5.74, 6) is 1.61. The fourth-order valence-electron chi connectivity index (χ4n) is 3.37. The van der Waals surface area contributed by atoms with Crippen molar-refractivity contribution >= 4 is 11.7 Å². The Morgan fingerprint density at radius 1 is 1.20 bits per heavy atom. The van der Waals surface area contributed by atoms with E-state index in [2.05, 4.69) is 56.8 Å². The number of rotatable bonds is 5. The fourth-order valence-corrected chi connectivity index (χ4v) is 3.37. The lowest BCUT2D eigenvalue weighted by Gasteiger charge is -2.19. The van der Waals surface area contributed by atoms with Crippen LogP contribution < -0.4 is 10.6 Å². The lowest BCUT2D eigenvalue weighted by Crippen LogP contribution is -2.35. The molecule has 3 rings (SSSR count). The summed E-state index contributed by atoms with van der Waals surface area (Å²) in [5.41, 5.74) is 1.94. The Bertz CT molecular complexity index is 689. The number of hydrogen-bond acceptors (Lipinski definition) is 4. The number of urea groups is 1. The molecule has 1 aromatic heterocycles. The van der Waals surface area contributed by atoms with E-state index in [1.807, 2.05) is 13.0 Å². The number of carbonyl (C=O) groups is 1. The third kappa shape index (κ3) is 4.54. The molecular weight excluding hydrogens is 314 g/mol. The third-order valence-electron chi connectivity index (χ3n) is 4.66. The first-order chi connectivity index (χ1) is 12.2. The van der Waals surface area contributed by atoms with Crippen molar-refractivity contribution in [1.82, 2.24) is 20.2 Å². The van der Waals surface area contributed by atoms with E-state index >= 15 is 0 Å². The lowest BCUT2D eigenvalue weighted by atomic mass is 9.89. The Morgan fingerprint density at radius 3 is 2.60 bits per heavy atom. The maximum Gasteiger partial charge on any atom is 0.319 e. The SMILES string of the molecule is CCc1ncc(NC(=O)NC[C@@H]2CN(C)C[C@H]2c2ccccc2)cn1. The molecule has 132 valence electrons. The normalized spacial score (nSPS) is 20.4. The first-order valence-corrected chi connectivity index (χ1v) is 8.75. The van der Waals surface area contributed by atoms with Crippen LogP contribution in [0.2, 0.25) is 0 Å². The van der Waals surface area contributed by atoms with Crippen LogP contribution in [-0.4, -0.2) is 47.6 Å². The highest BCUT2D eigenvalue weighted by atomic mass is 16.2. The van der Waals surface area contributed by atoms with Crippen molar-refractivity contribution < 1.29 is 4.79 Å². The van der Waals surface area contributed by atoms with E-state index < -0.39 is 0 Å². The van der Waals surface area contributed by atoms with Crippen LogP contribution in [0.25, 0.3) is 0 Å². The molecule has 2 N–H and O–H groups in total. The quantitative estimate of drug-likeness (QED) is 0.878. The summed E-state index contributed by atoms with van der Waals surface area (Å²) in [5, 5.41) is 5.78. The molecule has 0 bridgehead atoms. The van der Waals surface area contributed by atoms with E-state index in [0.717, 1.165) is 25.3 Å². The average molecular weight is 339 g/mol. The molecule has 0 unspecified atom stereocenters. The van der Waals surface area contributed by atoms with Gasteiger partial charge in [-0.3, -0.25) is 0 Å². The van der Waals surface area contributed by atoms with Crippen LogP contribution >= 0.6 is 0 Å². The molecule has 0 radical (unpaired) electrons. The number of anilines is 1. The molecule has 0 aliphatic carbocycles. The fraction of sp³-hybridized carbons (Fsp3) is 0.421. The minimum Gasteiger partial charge on any atom is -0.338 e.